The third-order valence-corrected chi connectivity index (χ3v) is 4.17. The zero-order chi connectivity index (χ0) is 13.1. The van der Waals surface area contributed by atoms with Crippen LogP contribution in [0.5, 0.6) is 0 Å². The predicted molar refractivity (Wildman–Crippen MR) is 72.9 cm³/mol. The van der Waals surface area contributed by atoms with Gasteiger partial charge in [-0.15, -0.1) is 11.3 Å². The minimum atomic E-state index is 0.888. The maximum Gasteiger partial charge on any atom is 0.138 e. The van der Waals surface area contributed by atoms with E-state index in [0.717, 1.165) is 36.7 Å². The smallest absolute Gasteiger partial charge is 0.138 e. The van der Waals surface area contributed by atoms with Crippen LogP contribution in [0.3, 0.4) is 0 Å². The highest BCUT2D eigenvalue weighted by molar-refractivity contribution is 7.09. The van der Waals surface area contributed by atoms with Gasteiger partial charge in [0.25, 0.3) is 0 Å². The molecule has 0 unspecified atom stereocenters. The largest absolute Gasteiger partial charge is 0.361 e. The zero-order valence-electron chi connectivity index (χ0n) is 11.4. The Morgan fingerprint density at radius 2 is 2.06 bits per heavy atom. The first-order chi connectivity index (χ1) is 8.58. The van der Waals surface area contributed by atoms with E-state index in [-0.39, 0.29) is 0 Å². The molecule has 0 aromatic carbocycles. The van der Waals surface area contributed by atoms with E-state index in [0.29, 0.717) is 0 Å². The average molecular weight is 265 g/mol. The molecule has 0 aliphatic rings. The molecule has 5 heteroatoms. The Labute approximate surface area is 112 Å². The van der Waals surface area contributed by atoms with Crippen LogP contribution in [0.25, 0.3) is 0 Å². The summed E-state index contributed by atoms with van der Waals surface area (Å²) in [4.78, 5) is 7.95. The molecule has 0 aliphatic heterocycles. The van der Waals surface area contributed by atoms with Crippen molar-refractivity contribution in [2.24, 2.45) is 0 Å². The molecule has 2 aromatic heterocycles. The molecule has 0 saturated carbocycles. The van der Waals surface area contributed by atoms with Gasteiger partial charge in [0.2, 0.25) is 0 Å². The minimum Gasteiger partial charge on any atom is -0.361 e. The van der Waals surface area contributed by atoms with Gasteiger partial charge in [-0.2, -0.15) is 0 Å². The number of aryl methyl sites for hydroxylation is 3. The predicted octanol–water partition coefficient (Wildman–Crippen LogP) is 2.73. The zero-order valence-corrected chi connectivity index (χ0v) is 12.2. The van der Waals surface area contributed by atoms with Crippen molar-refractivity contribution in [3.63, 3.8) is 0 Å². The first kappa shape index (κ1) is 13.2. The Morgan fingerprint density at radius 3 is 2.61 bits per heavy atom. The van der Waals surface area contributed by atoms with Crippen molar-refractivity contribution < 1.29 is 4.52 Å². The lowest BCUT2D eigenvalue weighted by atomic mass is 10.2. The second kappa shape index (κ2) is 5.63. The van der Waals surface area contributed by atoms with Crippen molar-refractivity contribution in [1.82, 2.24) is 15.0 Å². The van der Waals surface area contributed by atoms with Crippen molar-refractivity contribution in [2.75, 3.05) is 13.6 Å². The third kappa shape index (κ3) is 2.97. The first-order valence-electron chi connectivity index (χ1n) is 6.07. The standard InChI is InChI=1S/C13H19N3OS/c1-9-12(11(3)17-15-9)7-16(4)6-5-13-10(2)14-8-18-13/h8H,5-7H2,1-4H3. The maximum absolute atomic E-state index is 5.18. The number of hydrogen-bond acceptors (Lipinski definition) is 5. The van der Waals surface area contributed by atoms with Gasteiger partial charge < -0.3 is 9.42 Å². The fourth-order valence-electron chi connectivity index (χ4n) is 1.94. The molecule has 18 heavy (non-hydrogen) atoms. The number of rotatable bonds is 5. The molecule has 0 amide bonds. The van der Waals surface area contributed by atoms with Gasteiger partial charge in [-0.1, -0.05) is 5.16 Å². The molecule has 0 saturated heterocycles. The third-order valence-electron chi connectivity index (χ3n) is 3.17. The molecule has 0 spiro atoms. The molecule has 0 fully saturated rings. The van der Waals surface area contributed by atoms with Crippen LogP contribution in [-0.4, -0.2) is 28.6 Å². The Morgan fingerprint density at radius 1 is 1.28 bits per heavy atom. The molecule has 2 heterocycles. The van der Waals surface area contributed by atoms with Gasteiger partial charge in [-0.3, -0.25) is 0 Å². The summed E-state index contributed by atoms with van der Waals surface area (Å²) in [6.45, 7) is 7.94. The van der Waals surface area contributed by atoms with Gasteiger partial charge in [0.15, 0.2) is 0 Å². The molecule has 2 rings (SSSR count). The SMILES string of the molecule is Cc1ncsc1CCN(C)Cc1c(C)noc1C. The summed E-state index contributed by atoms with van der Waals surface area (Å²) < 4.78 is 5.18. The van der Waals surface area contributed by atoms with Gasteiger partial charge in [-0.05, 0) is 34.2 Å². The highest BCUT2D eigenvalue weighted by Crippen LogP contribution is 2.16. The number of nitrogens with zero attached hydrogens (tertiary/aromatic N) is 3. The van der Waals surface area contributed by atoms with E-state index in [4.69, 9.17) is 4.52 Å². The van der Waals surface area contributed by atoms with E-state index in [1.54, 1.807) is 11.3 Å². The highest BCUT2D eigenvalue weighted by atomic mass is 32.1. The number of likely N-dealkylation sites (N-methyl/N-ethyl adjacent to an activating group) is 1. The molecule has 2 aromatic rings. The normalized spacial score (nSPS) is 11.4. The van der Waals surface area contributed by atoms with E-state index >= 15 is 0 Å². The van der Waals surface area contributed by atoms with Crippen molar-refractivity contribution >= 4 is 11.3 Å². The summed E-state index contributed by atoms with van der Waals surface area (Å²) in [5.74, 6) is 0.924. The Balaban J connectivity index is 1.90. The van der Waals surface area contributed by atoms with Crippen LogP contribution in [0.1, 0.15) is 27.6 Å². The van der Waals surface area contributed by atoms with Crippen molar-refractivity contribution in [1.29, 1.82) is 0 Å². The number of aromatic nitrogens is 2. The average Bonchev–Trinajstić information content (AvgIpc) is 2.87. The summed E-state index contributed by atoms with van der Waals surface area (Å²) in [5.41, 5.74) is 5.27. The van der Waals surface area contributed by atoms with Crippen molar-refractivity contribution in [3.05, 3.63) is 33.1 Å². The molecule has 98 valence electrons. The van der Waals surface area contributed by atoms with Crippen LogP contribution in [0, 0.1) is 20.8 Å². The Bertz CT molecular complexity index is 499. The fourth-order valence-corrected chi connectivity index (χ4v) is 2.71. The van der Waals surface area contributed by atoms with E-state index < -0.39 is 0 Å². The minimum absolute atomic E-state index is 0.888. The van der Waals surface area contributed by atoms with Crippen LogP contribution in [0.2, 0.25) is 0 Å². The molecular formula is C13H19N3OS. The van der Waals surface area contributed by atoms with Gasteiger partial charge in [-0.25, -0.2) is 4.98 Å². The van der Waals surface area contributed by atoms with E-state index in [2.05, 4.69) is 29.0 Å². The van der Waals surface area contributed by atoms with Crippen LogP contribution in [0.4, 0.5) is 0 Å². The van der Waals surface area contributed by atoms with Crippen LogP contribution in [-0.2, 0) is 13.0 Å². The molecular weight excluding hydrogens is 246 g/mol. The number of hydrogen-bond donors (Lipinski definition) is 0. The lowest BCUT2D eigenvalue weighted by Crippen LogP contribution is -2.21. The van der Waals surface area contributed by atoms with Crippen molar-refractivity contribution in [3.8, 4) is 0 Å². The number of thiazole rings is 1. The van der Waals surface area contributed by atoms with Gasteiger partial charge in [0.1, 0.15) is 5.76 Å². The maximum atomic E-state index is 5.18. The van der Waals surface area contributed by atoms with E-state index in [1.807, 2.05) is 19.4 Å². The molecule has 0 atom stereocenters. The summed E-state index contributed by atoms with van der Waals surface area (Å²) in [5, 5.41) is 3.98. The molecule has 0 bridgehead atoms. The summed E-state index contributed by atoms with van der Waals surface area (Å²) in [7, 11) is 2.13. The second-order valence-corrected chi connectivity index (χ2v) is 5.59. The highest BCUT2D eigenvalue weighted by Gasteiger charge is 2.11. The van der Waals surface area contributed by atoms with Crippen LogP contribution >= 0.6 is 11.3 Å². The van der Waals surface area contributed by atoms with Crippen molar-refractivity contribution in [2.45, 2.75) is 33.7 Å². The van der Waals surface area contributed by atoms with Crippen LogP contribution < -0.4 is 0 Å². The summed E-state index contributed by atoms with van der Waals surface area (Å²) in [6.07, 6.45) is 1.05. The Hall–Kier alpha value is -1.20. The molecule has 0 radical (unpaired) electrons. The second-order valence-electron chi connectivity index (χ2n) is 4.65. The topological polar surface area (TPSA) is 42.2 Å². The van der Waals surface area contributed by atoms with Crippen LogP contribution in [0.15, 0.2) is 10.0 Å². The Kier molecular flexibility index (Phi) is 4.14. The fraction of sp³-hybridized carbons (Fsp3) is 0.538. The quantitative estimate of drug-likeness (QED) is 0.833. The molecule has 4 nitrogen and oxygen atoms in total. The molecule has 0 N–H and O–H groups in total. The first-order valence-corrected chi connectivity index (χ1v) is 6.95. The van der Waals surface area contributed by atoms with Gasteiger partial charge >= 0.3 is 0 Å². The lowest BCUT2D eigenvalue weighted by Gasteiger charge is -2.15. The van der Waals surface area contributed by atoms with E-state index in [9.17, 15) is 0 Å². The monoisotopic (exact) mass is 265 g/mol. The van der Waals surface area contributed by atoms with Gasteiger partial charge in [0.05, 0.1) is 16.9 Å². The summed E-state index contributed by atoms with van der Waals surface area (Å²) >= 11 is 1.74. The van der Waals surface area contributed by atoms with Gasteiger partial charge in [0, 0.05) is 23.5 Å². The van der Waals surface area contributed by atoms with E-state index in [1.165, 1.54) is 10.4 Å². The lowest BCUT2D eigenvalue weighted by molar-refractivity contribution is 0.327. The summed E-state index contributed by atoms with van der Waals surface area (Å²) in [6, 6.07) is 0. The molecule has 0 aliphatic carbocycles.